The number of carboxylic acids is 1. The number of hydrogen-bond donors (Lipinski definition) is 1. The van der Waals surface area contributed by atoms with Crippen molar-refractivity contribution in [3.8, 4) is 0 Å². The average Bonchev–Trinajstić information content (AvgIpc) is 2.42. The number of hydrogen-bond acceptors (Lipinski definition) is 6. The molecule has 1 N–H and O–H groups in total. The van der Waals surface area contributed by atoms with Gasteiger partial charge in [-0.25, -0.2) is 0 Å². The Bertz CT molecular complexity index is 627. The van der Waals surface area contributed by atoms with Gasteiger partial charge in [0.25, 0.3) is 0 Å². The van der Waals surface area contributed by atoms with E-state index in [2.05, 4.69) is 0 Å². The highest BCUT2D eigenvalue weighted by atomic mass is 32.2. The van der Waals surface area contributed by atoms with Crippen molar-refractivity contribution in [3.63, 3.8) is 0 Å². The molecule has 0 amide bonds. The SMILES string of the molecule is CN(CC(=O)O)Cc1ccc(N(CC(=O)OC(C)(C)C)S(=O)[O-])cc1. The molecule has 0 aromatic heterocycles. The summed E-state index contributed by atoms with van der Waals surface area (Å²) in [4.78, 5) is 24.1. The third kappa shape index (κ3) is 8.10. The first kappa shape index (κ1) is 21.1. The molecule has 0 fully saturated rings. The molecule has 0 aliphatic heterocycles. The number of likely N-dealkylation sites (N-methyl/N-ethyl adjacent to an activating group) is 1. The highest BCUT2D eigenvalue weighted by Crippen LogP contribution is 2.18. The van der Waals surface area contributed by atoms with Crippen molar-refractivity contribution in [1.29, 1.82) is 0 Å². The Morgan fingerprint density at radius 2 is 1.76 bits per heavy atom. The van der Waals surface area contributed by atoms with Gasteiger partial charge in [0.1, 0.15) is 12.1 Å². The standard InChI is InChI=1S/C16H24N2O6S/c1-16(2,3)24-15(21)11-18(25(22)23)13-7-5-12(6-8-13)9-17(4)10-14(19)20/h5-8H,9-11H2,1-4H3,(H,19,20)(H,22,23)/p-1. The van der Waals surface area contributed by atoms with Crippen LogP contribution in [0.3, 0.4) is 0 Å². The number of nitrogens with zero attached hydrogens (tertiary/aromatic N) is 2. The zero-order chi connectivity index (χ0) is 19.2. The first-order chi connectivity index (χ1) is 11.5. The lowest BCUT2D eigenvalue weighted by Crippen LogP contribution is -2.36. The Hall–Kier alpha value is -1.97. The summed E-state index contributed by atoms with van der Waals surface area (Å²) >= 11 is -2.63. The molecule has 1 rings (SSSR count). The molecular formula is C16H23N2O6S-. The van der Waals surface area contributed by atoms with E-state index in [9.17, 15) is 18.4 Å². The molecule has 8 nitrogen and oxygen atoms in total. The lowest BCUT2D eigenvalue weighted by molar-refractivity contribution is -0.152. The van der Waals surface area contributed by atoms with Crippen LogP contribution in [0, 0.1) is 0 Å². The third-order valence-electron chi connectivity index (χ3n) is 2.95. The summed E-state index contributed by atoms with van der Waals surface area (Å²) in [5.74, 6) is -1.58. The molecule has 25 heavy (non-hydrogen) atoms. The molecular weight excluding hydrogens is 348 g/mol. The van der Waals surface area contributed by atoms with Crippen molar-refractivity contribution < 1.29 is 28.2 Å². The van der Waals surface area contributed by atoms with Gasteiger partial charge < -0.3 is 14.4 Å². The summed E-state index contributed by atoms with van der Waals surface area (Å²) in [6.07, 6.45) is 0. The van der Waals surface area contributed by atoms with Crippen LogP contribution in [0.4, 0.5) is 5.69 Å². The second-order valence-corrected chi connectivity index (χ2v) is 7.45. The molecule has 1 aromatic carbocycles. The van der Waals surface area contributed by atoms with Gasteiger partial charge in [-0.15, -0.1) is 0 Å². The number of carbonyl (C=O) groups is 2. The highest BCUT2D eigenvalue weighted by Gasteiger charge is 2.20. The summed E-state index contributed by atoms with van der Waals surface area (Å²) in [5, 5.41) is 8.74. The number of carboxylic acid groups (broad SMARTS) is 1. The van der Waals surface area contributed by atoms with Gasteiger partial charge in [-0.05, 0) is 45.5 Å². The predicted molar refractivity (Wildman–Crippen MR) is 92.5 cm³/mol. The molecule has 0 aliphatic rings. The molecule has 0 saturated heterocycles. The third-order valence-corrected chi connectivity index (χ3v) is 3.65. The highest BCUT2D eigenvalue weighted by molar-refractivity contribution is 7.80. The summed E-state index contributed by atoms with van der Waals surface area (Å²) in [5.41, 5.74) is 0.441. The molecule has 1 aromatic rings. The Morgan fingerprint density at radius 1 is 1.20 bits per heavy atom. The number of ether oxygens (including phenoxy) is 1. The maximum atomic E-state index is 11.9. The van der Waals surface area contributed by atoms with E-state index in [0.717, 1.165) is 9.87 Å². The Labute approximate surface area is 149 Å². The second kappa shape index (κ2) is 8.93. The average molecular weight is 371 g/mol. The first-order valence-corrected chi connectivity index (χ1v) is 8.59. The van der Waals surface area contributed by atoms with Crippen LogP contribution < -0.4 is 4.31 Å². The molecule has 0 saturated carbocycles. The van der Waals surface area contributed by atoms with E-state index in [1.807, 2.05) is 0 Å². The molecule has 140 valence electrons. The van der Waals surface area contributed by atoms with Gasteiger partial charge in [0.2, 0.25) is 0 Å². The predicted octanol–water partition coefficient (Wildman–Crippen LogP) is 1.15. The van der Waals surface area contributed by atoms with Gasteiger partial charge in [0, 0.05) is 23.5 Å². The normalized spacial score (nSPS) is 12.7. The van der Waals surface area contributed by atoms with E-state index in [0.29, 0.717) is 12.2 Å². The summed E-state index contributed by atoms with van der Waals surface area (Å²) in [7, 11) is 1.67. The van der Waals surface area contributed by atoms with Crippen molar-refractivity contribution in [2.45, 2.75) is 32.9 Å². The minimum atomic E-state index is -2.63. The second-order valence-electron chi connectivity index (χ2n) is 6.57. The topological polar surface area (TPSA) is 110 Å². The molecule has 1 unspecified atom stereocenters. The van der Waals surface area contributed by atoms with Crippen LogP contribution in [0.1, 0.15) is 26.3 Å². The summed E-state index contributed by atoms with van der Waals surface area (Å²) < 4.78 is 28.9. The number of benzene rings is 1. The Kier molecular flexibility index (Phi) is 7.53. The fourth-order valence-corrected chi connectivity index (χ4v) is 2.59. The fourth-order valence-electron chi connectivity index (χ4n) is 2.09. The van der Waals surface area contributed by atoms with E-state index in [1.54, 1.807) is 57.0 Å². The van der Waals surface area contributed by atoms with Crippen LogP contribution in [-0.2, 0) is 32.1 Å². The summed E-state index contributed by atoms with van der Waals surface area (Å²) in [6.45, 7) is 4.98. The van der Waals surface area contributed by atoms with Crippen LogP contribution in [0.25, 0.3) is 0 Å². The smallest absolute Gasteiger partial charge is 0.327 e. The first-order valence-electron chi connectivity index (χ1n) is 7.56. The van der Waals surface area contributed by atoms with Crippen LogP contribution >= 0.6 is 0 Å². The van der Waals surface area contributed by atoms with Crippen LogP contribution in [0.15, 0.2) is 24.3 Å². The van der Waals surface area contributed by atoms with Crippen molar-refractivity contribution in [2.75, 3.05) is 24.4 Å². The monoisotopic (exact) mass is 371 g/mol. The molecule has 0 spiro atoms. The van der Waals surface area contributed by atoms with Gasteiger partial charge in [-0.3, -0.25) is 23.0 Å². The zero-order valence-electron chi connectivity index (χ0n) is 14.7. The molecule has 0 heterocycles. The zero-order valence-corrected chi connectivity index (χ0v) is 15.5. The molecule has 0 bridgehead atoms. The van der Waals surface area contributed by atoms with E-state index in [1.165, 1.54) is 0 Å². The Balaban J connectivity index is 2.80. The van der Waals surface area contributed by atoms with Gasteiger partial charge in [-0.2, -0.15) is 0 Å². The number of anilines is 1. The molecule has 0 radical (unpaired) electrons. The van der Waals surface area contributed by atoms with Gasteiger partial charge >= 0.3 is 11.9 Å². The maximum absolute atomic E-state index is 11.9. The lowest BCUT2D eigenvalue weighted by atomic mass is 10.2. The largest absolute Gasteiger partial charge is 0.755 e. The van der Waals surface area contributed by atoms with E-state index >= 15 is 0 Å². The minimum absolute atomic E-state index is 0.100. The van der Waals surface area contributed by atoms with Crippen molar-refractivity contribution in [2.24, 2.45) is 0 Å². The molecule has 1 atom stereocenters. The number of carbonyl (C=O) groups excluding carboxylic acids is 1. The molecule has 9 heteroatoms. The quantitative estimate of drug-likeness (QED) is 0.539. The number of rotatable bonds is 8. The minimum Gasteiger partial charge on any atom is -0.755 e. The molecule has 0 aliphatic carbocycles. The van der Waals surface area contributed by atoms with E-state index < -0.39 is 35.4 Å². The van der Waals surface area contributed by atoms with Crippen LogP contribution in [-0.4, -0.2) is 56.4 Å². The van der Waals surface area contributed by atoms with E-state index in [-0.39, 0.29) is 6.54 Å². The van der Waals surface area contributed by atoms with Crippen LogP contribution in [0.2, 0.25) is 0 Å². The number of aliphatic carboxylic acids is 1. The van der Waals surface area contributed by atoms with Gasteiger partial charge in [-0.1, -0.05) is 12.1 Å². The fraction of sp³-hybridized carbons (Fsp3) is 0.500. The van der Waals surface area contributed by atoms with Gasteiger partial charge in [0.15, 0.2) is 0 Å². The number of esters is 1. The van der Waals surface area contributed by atoms with Gasteiger partial charge in [0.05, 0.1) is 6.54 Å². The van der Waals surface area contributed by atoms with Crippen molar-refractivity contribution >= 4 is 28.9 Å². The maximum Gasteiger partial charge on any atom is 0.327 e. The van der Waals surface area contributed by atoms with Crippen LogP contribution in [0.5, 0.6) is 0 Å². The van der Waals surface area contributed by atoms with Crippen molar-refractivity contribution in [3.05, 3.63) is 29.8 Å². The van der Waals surface area contributed by atoms with Crippen molar-refractivity contribution in [1.82, 2.24) is 4.90 Å². The summed E-state index contributed by atoms with van der Waals surface area (Å²) in [6, 6.07) is 6.49. The van der Waals surface area contributed by atoms with E-state index in [4.69, 9.17) is 9.84 Å². The Morgan fingerprint density at radius 3 is 2.20 bits per heavy atom. The lowest BCUT2D eigenvalue weighted by Gasteiger charge is -2.27.